The van der Waals surface area contributed by atoms with Crippen LogP contribution in [0.4, 0.5) is 0 Å². The number of nitrogens with two attached hydrogens (primary N) is 3. The largest absolute Gasteiger partial charge is 0.489 e. The van der Waals surface area contributed by atoms with E-state index in [1.807, 2.05) is 84.9 Å². The van der Waals surface area contributed by atoms with Gasteiger partial charge in [-0.15, -0.1) is 22.7 Å². The standard InChI is InChI=1S/C25H21BrN2O3S.C19H16BrNO4S.C8H11N/c26-20-7-4-8-21-22(20)19(15-31-18-11-9-17(10-12-18)24(27)29)23(32-21)25(30)28-14-13-16-5-2-1-3-6-16;1-2-24-19(23)17-13(16-14(20)4-3-5-15(16)26-17)10-25-12-8-6-11(7-9-12)18(21)22;9-7-6-8-4-2-1-3-5-8/h1-12H,13-15H2,(H2,27,29)(H,28,30);3-9H,2,10H2,1H3,(H2,21,22);1-5H,6-7,9H2. The summed E-state index contributed by atoms with van der Waals surface area (Å²) in [6, 6.07) is 45.2. The summed E-state index contributed by atoms with van der Waals surface area (Å²) in [5, 5.41) is 4.95. The lowest BCUT2D eigenvalue weighted by Crippen LogP contribution is -2.26. The lowest BCUT2D eigenvalue weighted by atomic mass is 10.1. The summed E-state index contributed by atoms with van der Waals surface area (Å²) < 4.78 is 20.8. The topological polar surface area (TPSA) is 186 Å². The normalized spacial score (nSPS) is 10.6. The monoisotopic (exact) mass is 1060 g/mol. The van der Waals surface area contributed by atoms with E-state index in [0.717, 1.165) is 59.6 Å². The van der Waals surface area contributed by atoms with E-state index in [-0.39, 0.29) is 25.1 Å². The molecule has 0 saturated carbocycles. The quantitative estimate of drug-likeness (QED) is 0.0689. The summed E-state index contributed by atoms with van der Waals surface area (Å²) >= 11 is 9.99. The zero-order chi connectivity index (χ0) is 47.7. The molecule has 2 heterocycles. The number of thiophene rings is 2. The highest BCUT2D eigenvalue weighted by Crippen LogP contribution is 2.38. The average molecular weight is 1060 g/mol. The molecule has 15 heteroatoms. The molecule has 8 aromatic rings. The minimum Gasteiger partial charge on any atom is -0.489 e. The number of halogens is 2. The van der Waals surface area contributed by atoms with Crippen molar-refractivity contribution in [2.75, 3.05) is 19.7 Å². The number of carbonyl (C=O) groups excluding carboxylic acids is 4. The van der Waals surface area contributed by atoms with Gasteiger partial charge in [-0.3, -0.25) is 14.4 Å². The Labute approximate surface area is 413 Å². The summed E-state index contributed by atoms with van der Waals surface area (Å²) in [6.45, 7) is 3.80. The van der Waals surface area contributed by atoms with E-state index >= 15 is 0 Å². The average Bonchev–Trinajstić information content (AvgIpc) is 3.92. The summed E-state index contributed by atoms with van der Waals surface area (Å²) in [4.78, 5) is 49.0. The Morgan fingerprint density at radius 2 is 1.01 bits per heavy atom. The molecule has 0 radical (unpaired) electrons. The maximum atomic E-state index is 13.0. The predicted molar refractivity (Wildman–Crippen MR) is 275 cm³/mol. The highest BCUT2D eigenvalue weighted by molar-refractivity contribution is 9.11. The Balaban J connectivity index is 0.000000189. The Morgan fingerprint density at radius 1 is 0.567 bits per heavy atom. The van der Waals surface area contributed by atoms with Gasteiger partial charge in [0.1, 0.15) is 29.6 Å². The number of fused-ring (bicyclic) bond motifs is 2. The first kappa shape index (κ1) is 50.1. The summed E-state index contributed by atoms with van der Waals surface area (Å²) in [5.41, 5.74) is 20.8. The van der Waals surface area contributed by atoms with Crippen LogP contribution >= 0.6 is 54.5 Å². The van der Waals surface area contributed by atoms with E-state index in [9.17, 15) is 19.2 Å². The second-order valence-electron chi connectivity index (χ2n) is 14.6. The highest BCUT2D eigenvalue weighted by Gasteiger charge is 2.23. The van der Waals surface area contributed by atoms with Crippen LogP contribution in [0.25, 0.3) is 20.2 Å². The number of rotatable bonds is 16. The summed E-state index contributed by atoms with van der Waals surface area (Å²) in [5.74, 6) is -0.277. The zero-order valence-corrected chi connectivity index (χ0v) is 41.3. The van der Waals surface area contributed by atoms with Crippen LogP contribution in [0.5, 0.6) is 11.5 Å². The number of hydrogen-bond acceptors (Lipinski definition) is 10. The van der Waals surface area contributed by atoms with Crippen LogP contribution < -0.4 is 32.0 Å². The third kappa shape index (κ3) is 13.8. The molecule has 0 bridgehead atoms. The SMILES string of the molecule is CCOC(=O)c1sc2cccc(Br)c2c1COc1ccc(C(N)=O)cc1.NC(=O)c1ccc(OCc2c(C(=O)NCCc3ccccc3)sc3cccc(Br)c23)cc1.NCCc1ccccc1. The van der Waals surface area contributed by atoms with Gasteiger partial charge in [-0.1, -0.05) is 105 Å². The van der Waals surface area contributed by atoms with Crippen molar-refractivity contribution in [2.24, 2.45) is 17.2 Å². The van der Waals surface area contributed by atoms with Gasteiger partial charge in [-0.25, -0.2) is 4.79 Å². The first-order valence-electron chi connectivity index (χ1n) is 21.2. The minimum atomic E-state index is -0.492. The molecule has 0 aliphatic rings. The molecule has 7 N–H and O–H groups in total. The fourth-order valence-electron chi connectivity index (χ4n) is 6.75. The predicted octanol–water partition coefficient (Wildman–Crippen LogP) is 11.0. The van der Waals surface area contributed by atoms with Crippen molar-refractivity contribution in [2.45, 2.75) is 33.0 Å². The second kappa shape index (κ2) is 25.0. The number of hydrogen-bond donors (Lipinski definition) is 4. The fourth-order valence-corrected chi connectivity index (χ4v) is 10.5. The van der Waals surface area contributed by atoms with E-state index < -0.39 is 11.8 Å². The molecule has 6 aromatic carbocycles. The van der Waals surface area contributed by atoms with Gasteiger partial charge in [0.25, 0.3) is 5.91 Å². The Bertz CT molecular complexity index is 2930. The van der Waals surface area contributed by atoms with Gasteiger partial charge in [0.05, 0.1) is 11.5 Å². The summed E-state index contributed by atoms with van der Waals surface area (Å²) in [7, 11) is 0. The molecule has 2 aromatic heterocycles. The molecule has 344 valence electrons. The van der Waals surface area contributed by atoms with E-state index in [1.165, 1.54) is 33.8 Å². The number of carbonyl (C=O) groups is 4. The van der Waals surface area contributed by atoms with Crippen LogP contribution in [0.3, 0.4) is 0 Å². The first-order chi connectivity index (χ1) is 32.5. The number of nitrogens with one attached hydrogen (secondary N) is 1. The molecule has 0 unspecified atom stereocenters. The van der Waals surface area contributed by atoms with Crippen molar-refractivity contribution >= 4 is 98.4 Å². The molecule has 11 nitrogen and oxygen atoms in total. The van der Waals surface area contributed by atoms with Crippen LogP contribution in [0.2, 0.25) is 0 Å². The van der Waals surface area contributed by atoms with Crippen molar-refractivity contribution in [1.82, 2.24) is 5.32 Å². The van der Waals surface area contributed by atoms with Crippen LogP contribution in [0, 0.1) is 0 Å². The molecule has 3 amide bonds. The number of amides is 3. The van der Waals surface area contributed by atoms with Crippen LogP contribution in [-0.4, -0.2) is 43.4 Å². The van der Waals surface area contributed by atoms with E-state index in [2.05, 4.69) is 49.3 Å². The van der Waals surface area contributed by atoms with Crippen molar-refractivity contribution < 1.29 is 33.4 Å². The van der Waals surface area contributed by atoms with Crippen molar-refractivity contribution in [3.8, 4) is 11.5 Å². The van der Waals surface area contributed by atoms with Crippen LogP contribution in [0.15, 0.2) is 155 Å². The van der Waals surface area contributed by atoms with Gasteiger partial charge >= 0.3 is 5.97 Å². The summed E-state index contributed by atoms with van der Waals surface area (Å²) in [6.07, 6.45) is 1.75. The second-order valence-corrected chi connectivity index (χ2v) is 18.4. The van der Waals surface area contributed by atoms with Gasteiger partial charge < -0.3 is 36.7 Å². The molecule has 0 atom stereocenters. The Morgan fingerprint density at radius 3 is 1.46 bits per heavy atom. The Kier molecular flexibility index (Phi) is 18.7. The fraction of sp³-hybridized carbons (Fsp3) is 0.154. The molecule has 0 spiro atoms. The maximum Gasteiger partial charge on any atom is 0.348 e. The minimum absolute atomic E-state index is 0.114. The van der Waals surface area contributed by atoms with Gasteiger partial charge in [-0.05, 0) is 110 Å². The van der Waals surface area contributed by atoms with E-state index in [1.54, 1.807) is 55.5 Å². The third-order valence-electron chi connectivity index (χ3n) is 10.1. The molecule has 0 aliphatic heterocycles. The zero-order valence-electron chi connectivity index (χ0n) is 36.5. The Hall–Kier alpha value is -6.36. The molecule has 0 aliphatic carbocycles. The van der Waals surface area contributed by atoms with Crippen LogP contribution in [-0.2, 0) is 30.8 Å². The van der Waals surface area contributed by atoms with Gasteiger partial charge in [0, 0.05) is 57.9 Å². The van der Waals surface area contributed by atoms with Crippen molar-refractivity contribution in [3.05, 3.63) is 198 Å². The highest BCUT2D eigenvalue weighted by atomic mass is 79.9. The van der Waals surface area contributed by atoms with Crippen LogP contribution in [0.1, 0.15) is 69.2 Å². The van der Waals surface area contributed by atoms with E-state index in [0.29, 0.717) is 45.5 Å². The van der Waals surface area contributed by atoms with Gasteiger partial charge in [-0.2, -0.15) is 0 Å². The molecule has 67 heavy (non-hydrogen) atoms. The number of ether oxygens (including phenoxy) is 3. The molecule has 0 saturated heterocycles. The smallest absolute Gasteiger partial charge is 0.348 e. The number of primary amides is 2. The molecular formula is C52H48Br2N4O7S2. The maximum absolute atomic E-state index is 13.0. The molecule has 8 rings (SSSR count). The van der Waals surface area contributed by atoms with Gasteiger partial charge in [0.2, 0.25) is 11.8 Å². The van der Waals surface area contributed by atoms with Crippen molar-refractivity contribution in [1.29, 1.82) is 0 Å². The lowest BCUT2D eigenvalue weighted by Gasteiger charge is -2.10. The number of benzene rings is 6. The number of esters is 1. The first-order valence-corrected chi connectivity index (χ1v) is 24.4. The molecular weight excluding hydrogens is 1020 g/mol. The van der Waals surface area contributed by atoms with Gasteiger partial charge in [0.15, 0.2) is 0 Å². The lowest BCUT2D eigenvalue weighted by molar-refractivity contribution is 0.0529. The van der Waals surface area contributed by atoms with E-state index in [4.69, 9.17) is 31.4 Å². The molecule has 0 fully saturated rings. The third-order valence-corrected chi connectivity index (χ3v) is 13.8. The van der Waals surface area contributed by atoms with Crippen molar-refractivity contribution in [3.63, 3.8) is 0 Å².